The Kier molecular flexibility index (Phi) is 3.02. The van der Waals surface area contributed by atoms with E-state index in [1.54, 1.807) is 6.92 Å². The van der Waals surface area contributed by atoms with Crippen LogP contribution in [0.5, 0.6) is 0 Å². The van der Waals surface area contributed by atoms with Crippen LogP contribution < -0.4 is 0 Å². The first-order valence-electron chi connectivity index (χ1n) is 3.97. The lowest BCUT2D eigenvalue weighted by atomic mass is 9.97. The van der Waals surface area contributed by atoms with Crippen LogP contribution in [0.1, 0.15) is 20.8 Å². The average Bonchev–Trinajstić information content (AvgIpc) is 2.08. The van der Waals surface area contributed by atoms with Gasteiger partial charge in [0.25, 0.3) is 0 Å². The summed E-state index contributed by atoms with van der Waals surface area (Å²) in [5.41, 5.74) is -0.114. The molecule has 1 aliphatic heterocycles. The van der Waals surface area contributed by atoms with Gasteiger partial charge in [0.1, 0.15) is 6.11 Å². The van der Waals surface area contributed by atoms with Crippen LogP contribution in [-0.4, -0.2) is 13.2 Å². The first-order valence-corrected chi connectivity index (χ1v) is 5.43. The molecule has 0 spiro atoms. The second-order valence-electron chi connectivity index (χ2n) is 3.60. The molecule has 0 aromatic heterocycles. The van der Waals surface area contributed by atoms with Gasteiger partial charge in [-0.1, -0.05) is 19.8 Å². The third-order valence-electron chi connectivity index (χ3n) is 1.49. The van der Waals surface area contributed by atoms with Crippen molar-refractivity contribution in [2.75, 3.05) is 13.2 Å². The standard InChI is InChI=1S/C8H13O4P/c1-4-5-10-13(9)11-6-8(2,3)7-12-13/h6-7H2,1-3H3. The highest BCUT2D eigenvalue weighted by molar-refractivity contribution is 7.48. The molecular formula is C8H13O4P. The maximum atomic E-state index is 11.5. The van der Waals surface area contributed by atoms with Gasteiger partial charge in [-0.05, 0) is 0 Å². The molecule has 0 radical (unpaired) electrons. The van der Waals surface area contributed by atoms with E-state index in [9.17, 15) is 4.57 Å². The minimum absolute atomic E-state index is 0.114. The summed E-state index contributed by atoms with van der Waals surface area (Å²) in [6.45, 7) is 6.22. The van der Waals surface area contributed by atoms with E-state index < -0.39 is 7.82 Å². The molecule has 0 aromatic carbocycles. The summed E-state index contributed by atoms with van der Waals surface area (Å²) in [4.78, 5) is 0. The van der Waals surface area contributed by atoms with Crippen molar-refractivity contribution in [3.05, 3.63) is 0 Å². The summed E-state index contributed by atoms with van der Waals surface area (Å²) in [6.07, 6.45) is 2.22. The topological polar surface area (TPSA) is 44.8 Å². The van der Waals surface area contributed by atoms with Crippen molar-refractivity contribution < 1.29 is 18.1 Å². The van der Waals surface area contributed by atoms with Gasteiger partial charge in [-0.25, -0.2) is 4.57 Å². The van der Waals surface area contributed by atoms with Crippen LogP contribution in [0.25, 0.3) is 0 Å². The molecule has 0 amide bonds. The predicted molar refractivity (Wildman–Crippen MR) is 47.8 cm³/mol. The lowest BCUT2D eigenvalue weighted by Gasteiger charge is -2.31. The normalized spacial score (nSPS) is 24.2. The molecule has 1 aliphatic rings. The monoisotopic (exact) mass is 204 g/mol. The average molecular weight is 204 g/mol. The molecule has 1 fully saturated rings. The lowest BCUT2D eigenvalue weighted by Crippen LogP contribution is -2.29. The SMILES string of the molecule is CC#COP1(=O)OCC(C)(C)CO1. The molecule has 13 heavy (non-hydrogen) atoms. The van der Waals surface area contributed by atoms with E-state index in [-0.39, 0.29) is 5.41 Å². The highest BCUT2D eigenvalue weighted by Crippen LogP contribution is 2.54. The summed E-state index contributed by atoms with van der Waals surface area (Å²) in [5, 5.41) is 0. The van der Waals surface area contributed by atoms with Crippen LogP contribution in [0.2, 0.25) is 0 Å². The van der Waals surface area contributed by atoms with E-state index in [1.165, 1.54) is 0 Å². The number of rotatable bonds is 1. The third-order valence-corrected chi connectivity index (χ3v) is 2.69. The molecule has 0 aliphatic carbocycles. The van der Waals surface area contributed by atoms with Crippen LogP contribution in [0.15, 0.2) is 0 Å². The molecule has 0 N–H and O–H groups in total. The molecule has 0 saturated carbocycles. The fraction of sp³-hybridized carbons (Fsp3) is 0.750. The summed E-state index contributed by atoms with van der Waals surface area (Å²) in [5.74, 6) is 2.46. The smallest absolute Gasteiger partial charge is 0.350 e. The van der Waals surface area contributed by atoms with E-state index in [0.29, 0.717) is 13.2 Å². The summed E-state index contributed by atoms with van der Waals surface area (Å²) < 4.78 is 26.2. The van der Waals surface area contributed by atoms with Gasteiger partial charge in [0, 0.05) is 12.3 Å². The number of phosphoric ester groups is 1. The number of phosphoric acid groups is 1. The van der Waals surface area contributed by atoms with Crippen LogP contribution in [-0.2, 0) is 18.1 Å². The van der Waals surface area contributed by atoms with Gasteiger partial charge in [0.05, 0.1) is 13.2 Å². The van der Waals surface area contributed by atoms with Gasteiger partial charge < -0.3 is 4.52 Å². The Balaban J connectivity index is 2.55. The predicted octanol–water partition coefficient (Wildman–Crippen LogP) is 2.16. The number of hydrogen-bond donors (Lipinski definition) is 0. The Bertz CT molecular complexity index is 272. The van der Waals surface area contributed by atoms with Crippen LogP contribution in [0.3, 0.4) is 0 Å². The summed E-state index contributed by atoms with van der Waals surface area (Å²) >= 11 is 0. The van der Waals surface area contributed by atoms with Crippen molar-refractivity contribution in [1.29, 1.82) is 0 Å². The van der Waals surface area contributed by atoms with Crippen molar-refractivity contribution in [3.63, 3.8) is 0 Å². The molecule has 0 bridgehead atoms. The van der Waals surface area contributed by atoms with E-state index in [1.807, 2.05) is 13.8 Å². The van der Waals surface area contributed by atoms with Gasteiger partial charge in [-0.15, -0.1) is 0 Å². The molecule has 1 heterocycles. The highest BCUT2D eigenvalue weighted by atomic mass is 31.2. The van der Waals surface area contributed by atoms with Gasteiger partial charge >= 0.3 is 7.82 Å². The quantitative estimate of drug-likeness (QED) is 0.485. The molecule has 0 unspecified atom stereocenters. The van der Waals surface area contributed by atoms with Crippen LogP contribution in [0.4, 0.5) is 0 Å². The van der Waals surface area contributed by atoms with Crippen molar-refractivity contribution in [2.24, 2.45) is 5.41 Å². The van der Waals surface area contributed by atoms with E-state index in [0.717, 1.165) is 0 Å². The fourth-order valence-electron chi connectivity index (χ4n) is 0.741. The van der Waals surface area contributed by atoms with E-state index in [4.69, 9.17) is 9.05 Å². The van der Waals surface area contributed by atoms with Crippen molar-refractivity contribution >= 4 is 7.82 Å². The zero-order chi connectivity index (χ0) is 9.95. The molecule has 1 rings (SSSR count). The Morgan fingerprint density at radius 3 is 2.38 bits per heavy atom. The minimum Gasteiger partial charge on any atom is -0.350 e. The first kappa shape index (κ1) is 10.6. The van der Waals surface area contributed by atoms with Crippen LogP contribution in [0, 0.1) is 17.4 Å². The molecule has 74 valence electrons. The Morgan fingerprint density at radius 2 is 1.92 bits per heavy atom. The second-order valence-corrected chi connectivity index (χ2v) is 5.20. The van der Waals surface area contributed by atoms with Gasteiger partial charge in [-0.2, -0.15) is 0 Å². The molecule has 4 nitrogen and oxygen atoms in total. The Hall–Kier alpha value is -0.490. The van der Waals surface area contributed by atoms with Gasteiger partial charge in [0.15, 0.2) is 0 Å². The summed E-state index contributed by atoms with van der Waals surface area (Å²) in [6, 6.07) is 0. The highest BCUT2D eigenvalue weighted by Gasteiger charge is 2.38. The maximum absolute atomic E-state index is 11.5. The Labute approximate surface area is 78.2 Å². The van der Waals surface area contributed by atoms with Gasteiger partial charge in [-0.3, -0.25) is 9.05 Å². The van der Waals surface area contributed by atoms with E-state index in [2.05, 4.69) is 16.6 Å². The van der Waals surface area contributed by atoms with Crippen molar-refractivity contribution in [1.82, 2.24) is 0 Å². The molecule has 0 atom stereocenters. The fourth-order valence-corrected chi connectivity index (χ4v) is 2.14. The molecule has 1 saturated heterocycles. The summed E-state index contributed by atoms with van der Waals surface area (Å²) in [7, 11) is -3.38. The minimum atomic E-state index is -3.38. The first-order chi connectivity index (χ1) is 5.97. The molecule has 5 heteroatoms. The van der Waals surface area contributed by atoms with Crippen LogP contribution >= 0.6 is 7.82 Å². The molecular weight excluding hydrogens is 191 g/mol. The van der Waals surface area contributed by atoms with E-state index >= 15 is 0 Å². The third kappa shape index (κ3) is 3.04. The zero-order valence-corrected chi connectivity index (χ0v) is 8.89. The van der Waals surface area contributed by atoms with Crippen molar-refractivity contribution in [2.45, 2.75) is 20.8 Å². The van der Waals surface area contributed by atoms with Crippen molar-refractivity contribution in [3.8, 4) is 12.0 Å². The Morgan fingerprint density at radius 1 is 1.38 bits per heavy atom. The zero-order valence-electron chi connectivity index (χ0n) is 7.99. The largest absolute Gasteiger partial charge is 0.538 e. The maximum Gasteiger partial charge on any atom is 0.538 e. The lowest BCUT2D eigenvalue weighted by molar-refractivity contribution is 0.0146. The molecule has 0 aromatic rings. The number of hydrogen-bond acceptors (Lipinski definition) is 4. The second kappa shape index (κ2) is 3.71. The van der Waals surface area contributed by atoms with Gasteiger partial charge in [0.2, 0.25) is 0 Å².